The average molecular weight is 366 g/mol. The molecule has 0 saturated carbocycles. The molecule has 3 aromatic carbocycles. The first-order valence-corrected chi connectivity index (χ1v) is 7.98. The lowest BCUT2D eigenvalue weighted by atomic mass is 10.3. The number of hydrogen-bond acceptors (Lipinski definition) is 6. The number of benzene rings is 3. The molecule has 138 valence electrons. The van der Waals surface area contributed by atoms with Crippen LogP contribution < -0.4 is 14.2 Å². The summed E-state index contributed by atoms with van der Waals surface area (Å²) in [5.41, 5.74) is 0. The van der Waals surface area contributed by atoms with Crippen molar-refractivity contribution in [2.75, 3.05) is 7.11 Å². The fourth-order valence-electron chi connectivity index (χ4n) is 1.82. The summed E-state index contributed by atoms with van der Waals surface area (Å²) in [5.74, 6) is 1.41. The van der Waals surface area contributed by atoms with Crippen molar-refractivity contribution in [1.82, 2.24) is 0 Å². The van der Waals surface area contributed by atoms with Gasteiger partial charge in [-0.2, -0.15) is 0 Å². The lowest BCUT2D eigenvalue weighted by Crippen LogP contribution is -2.13. The predicted molar refractivity (Wildman–Crippen MR) is 99.0 cm³/mol. The van der Waals surface area contributed by atoms with Crippen LogP contribution in [0.5, 0.6) is 17.2 Å². The van der Waals surface area contributed by atoms with Crippen LogP contribution in [0.1, 0.15) is 0 Å². The number of hydrogen-bond donors (Lipinski definition) is 0. The first-order chi connectivity index (χ1) is 13.2. The summed E-state index contributed by atoms with van der Waals surface area (Å²) in [6.45, 7) is 0. The van der Waals surface area contributed by atoms with Gasteiger partial charge in [0.15, 0.2) is 0 Å². The van der Waals surface area contributed by atoms with Gasteiger partial charge in [-0.3, -0.25) is 0 Å². The highest BCUT2D eigenvalue weighted by Gasteiger charge is 2.06. The molecule has 0 saturated heterocycles. The Labute approximate surface area is 156 Å². The van der Waals surface area contributed by atoms with E-state index in [-0.39, 0.29) is 0 Å². The van der Waals surface area contributed by atoms with Gasteiger partial charge >= 0.3 is 12.3 Å². The van der Waals surface area contributed by atoms with E-state index in [0.29, 0.717) is 17.2 Å². The van der Waals surface area contributed by atoms with Crippen molar-refractivity contribution in [3.8, 4) is 17.2 Å². The summed E-state index contributed by atoms with van der Waals surface area (Å²) in [6, 6.07) is 26.3. The van der Waals surface area contributed by atoms with Crippen LogP contribution in [0.4, 0.5) is 9.59 Å². The second-order valence-corrected chi connectivity index (χ2v) is 4.95. The molecule has 0 amide bonds. The summed E-state index contributed by atoms with van der Waals surface area (Å²) in [7, 11) is 1.27. The van der Waals surface area contributed by atoms with Gasteiger partial charge < -0.3 is 18.9 Å². The van der Waals surface area contributed by atoms with Crippen molar-refractivity contribution in [2.45, 2.75) is 0 Å². The lowest BCUT2D eigenvalue weighted by Gasteiger charge is -2.04. The maximum Gasteiger partial charge on any atom is 0.519 e. The molecule has 0 fully saturated rings. The van der Waals surface area contributed by atoms with Gasteiger partial charge in [-0.25, -0.2) is 9.59 Å². The molecule has 0 aliphatic carbocycles. The number of para-hydroxylation sites is 3. The van der Waals surface area contributed by atoms with Gasteiger partial charge in [-0.1, -0.05) is 54.6 Å². The van der Waals surface area contributed by atoms with E-state index >= 15 is 0 Å². The summed E-state index contributed by atoms with van der Waals surface area (Å²) in [6.07, 6.45) is -1.44. The topological polar surface area (TPSA) is 71.1 Å². The maximum atomic E-state index is 11.3. The standard InChI is InChI=1S/C13H10O3.C8H8O3/c14-13(15-11-7-3-1-4-8-11)16-12-9-5-2-6-10-12;1-10-8(9)11-7-5-3-2-4-6-7/h1-10H;2-6H,1H3. The van der Waals surface area contributed by atoms with Crippen molar-refractivity contribution in [2.24, 2.45) is 0 Å². The third kappa shape index (κ3) is 7.74. The zero-order valence-electron chi connectivity index (χ0n) is 14.6. The highest BCUT2D eigenvalue weighted by atomic mass is 16.7. The van der Waals surface area contributed by atoms with Crippen LogP contribution in [0.3, 0.4) is 0 Å². The zero-order chi connectivity index (χ0) is 19.3. The Bertz CT molecular complexity index is 776. The monoisotopic (exact) mass is 366 g/mol. The summed E-state index contributed by atoms with van der Waals surface area (Å²) >= 11 is 0. The smallest absolute Gasteiger partial charge is 0.437 e. The Morgan fingerprint density at radius 3 is 1.11 bits per heavy atom. The predicted octanol–water partition coefficient (Wildman–Crippen LogP) is 5.10. The van der Waals surface area contributed by atoms with Crippen molar-refractivity contribution < 1.29 is 28.5 Å². The average Bonchev–Trinajstić information content (AvgIpc) is 2.70. The molecule has 0 radical (unpaired) electrons. The second-order valence-electron chi connectivity index (χ2n) is 4.95. The van der Waals surface area contributed by atoms with Gasteiger partial charge in [-0.05, 0) is 36.4 Å². The largest absolute Gasteiger partial charge is 0.519 e. The molecule has 0 spiro atoms. The molecule has 0 aliphatic rings. The molecule has 0 atom stereocenters. The maximum absolute atomic E-state index is 11.3. The van der Waals surface area contributed by atoms with Gasteiger partial charge in [0, 0.05) is 0 Å². The van der Waals surface area contributed by atoms with Gasteiger partial charge in [0.05, 0.1) is 7.11 Å². The minimum absolute atomic E-state index is 0.462. The van der Waals surface area contributed by atoms with Gasteiger partial charge in [0.2, 0.25) is 0 Å². The van der Waals surface area contributed by atoms with E-state index in [0.717, 1.165) is 0 Å². The number of ether oxygens (including phenoxy) is 4. The molecule has 0 aromatic heterocycles. The SMILES string of the molecule is COC(=O)Oc1ccccc1.O=C(Oc1ccccc1)Oc1ccccc1. The molecular weight excluding hydrogens is 348 g/mol. The van der Waals surface area contributed by atoms with Gasteiger partial charge in [-0.15, -0.1) is 0 Å². The molecule has 3 aromatic rings. The van der Waals surface area contributed by atoms with E-state index in [9.17, 15) is 9.59 Å². The molecule has 0 bridgehead atoms. The summed E-state index contributed by atoms with van der Waals surface area (Å²) in [5, 5.41) is 0. The van der Waals surface area contributed by atoms with Crippen LogP contribution in [-0.4, -0.2) is 19.4 Å². The van der Waals surface area contributed by atoms with Crippen LogP contribution in [0.25, 0.3) is 0 Å². The molecule has 3 rings (SSSR count). The van der Waals surface area contributed by atoms with Gasteiger partial charge in [0.25, 0.3) is 0 Å². The third-order valence-electron chi connectivity index (χ3n) is 3.00. The normalized spacial score (nSPS) is 9.22. The van der Waals surface area contributed by atoms with Crippen LogP contribution >= 0.6 is 0 Å². The first-order valence-electron chi connectivity index (χ1n) is 7.98. The molecule has 0 aliphatic heterocycles. The molecule has 0 unspecified atom stereocenters. The minimum Gasteiger partial charge on any atom is -0.437 e. The van der Waals surface area contributed by atoms with E-state index in [2.05, 4.69) is 4.74 Å². The quantitative estimate of drug-likeness (QED) is 0.475. The van der Waals surface area contributed by atoms with E-state index in [1.807, 2.05) is 18.2 Å². The number of methoxy groups -OCH3 is 1. The highest BCUT2D eigenvalue weighted by molar-refractivity contribution is 5.66. The zero-order valence-corrected chi connectivity index (χ0v) is 14.6. The number of rotatable bonds is 3. The number of carbonyl (C=O) groups excluding carboxylic acids is 2. The van der Waals surface area contributed by atoms with Crippen LogP contribution in [0.2, 0.25) is 0 Å². The minimum atomic E-state index is -0.739. The van der Waals surface area contributed by atoms with Crippen molar-refractivity contribution in [3.63, 3.8) is 0 Å². The summed E-state index contributed by atoms with van der Waals surface area (Å²) in [4.78, 5) is 21.9. The Morgan fingerprint density at radius 2 is 0.815 bits per heavy atom. The van der Waals surface area contributed by atoms with Crippen molar-refractivity contribution in [1.29, 1.82) is 0 Å². The second kappa shape index (κ2) is 10.9. The number of carbonyl (C=O) groups is 2. The molecule has 0 N–H and O–H groups in total. The third-order valence-corrected chi connectivity index (χ3v) is 3.00. The highest BCUT2D eigenvalue weighted by Crippen LogP contribution is 2.13. The van der Waals surface area contributed by atoms with E-state index in [1.165, 1.54) is 7.11 Å². The fraction of sp³-hybridized carbons (Fsp3) is 0.0476. The van der Waals surface area contributed by atoms with Crippen LogP contribution in [0.15, 0.2) is 91.0 Å². The molecule has 6 heteroatoms. The van der Waals surface area contributed by atoms with Crippen LogP contribution in [-0.2, 0) is 4.74 Å². The van der Waals surface area contributed by atoms with Gasteiger partial charge in [0.1, 0.15) is 17.2 Å². The summed E-state index contributed by atoms with van der Waals surface area (Å²) < 4.78 is 18.9. The molecule has 0 heterocycles. The molecule has 27 heavy (non-hydrogen) atoms. The Balaban J connectivity index is 0.000000208. The van der Waals surface area contributed by atoms with Crippen LogP contribution in [0, 0.1) is 0 Å². The molecule has 6 nitrogen and oxygen atoms in total. The van der Waals surface area contributed by atoms with E-state index < -0.39 is 12.3 Å². The lowest BCUT2D eigenvalue weighted by molar-refractivity contribution is 0.121. The van der Waals surface area contributed by atoms with Crippen molar-refractivity contribution >= 4 is 12.3 Å². The Hall–Kier alpha value is -3.80. The first kappa shape index (κ1) is 19.5. The van der Waals surface area contributed by atoms with E-state index in [4.69, 9.17) is 14.2 Å². The van der Waals surface area contributed by atoms with Crippen molar-refractivity contribution in [3.05, 3.63) is 91.0 Å². The Morgan fingerprint density at radius 1 is 0.519 bits per heavy atom. The Kier molecular flexibility index (Phi) is 7.91. The fourth-order valence-corrected chi connectivity index (χ4v) is 1.82. The molecular formula is C21H18O6. The van der Waals surface area contributed by atoms with E-state index in [1.54, 1.807) is 72.8 Å².